The van der Waals surface area contributed by atoms with E-state index in [1.54, 1.807) is 0 Å². The lowest BCUT2D eigenvalue weighted by Gasteiger charge is -2.10. The van der Waals surface area contributed by atoms with Crippen molar-refractivity contribution in [2.75, 3.05) is 13.1 Å². The number of aliphatic imine (C=N–C) groups is 1. The zero-order valence-corrected chi connectivity index (χ0v) is 13.3. The van der Waals surface area contributed by atoms with Crippen LogP contribution in [0.4, 0.5) is 0 Å². The third kappa shape index (κ3) is 5.59. The largest absolute Gasteiger partial charge is 0.357 e. The van der Waals surface area contributed by atoms with E-state index in [0.29, 0.717) is 18.3 Å². The fourth-order valence-electron chi connectivity index (χ4n) is 1.50. The molecule has 2 N–H and O–H groups in total. The van der Waals surface area contributed by atoms with Crippen LogP contribution >= 0.6 is 0 Å². The first-order chi connectivity index (χ1) is 9.47. The van der Waals surface area contributed by atoms with Crippen molar-refractivity contribution in [2.24, 2.45) is 4.99 Å². The highest BCUT2D eigenvalue weighted by Gasteiger charge is 2.21. The molecule has 0 fully saturated rings. The molecule has 0 aliphatic carbocycles. The van der Waals surface area contributed by atoms with Crippen molar-refractivity contribution < 1.29 is 4.52 Å². The van der Waals surface area contributed by atoms with Gasteiger partial charge in [-0.2, -0.15) is 4.98 Å². The summed E-state index contributed by atoms with van der Waals surface area (Å²) in [5, 5.41) is 10.4. The van der Waals surface area contributed by atoms with Crippen molar-refractivity contribution in [1.29, 1.82) is 0 Å². The van der Waals surface area contributed by atoms with Gasteiger partial charge in [0.15, 0.2) is 11.8 Å². The van der Waals surface area contributed by atoms with E-state index in [1.807, 2.05) is 27.7 Å². The average molecular weight is 281 g/mol. The number of unbranched alkanes of at least 4 members (excludes halogenated alkanes) is 1. The Balaban J connectivity index is 2.59. The molecule has 0 radical (unpaired) electrons. The van der Waals surface area contributed by atoms with Gasteiger partial charge in [-0.15, -0.1) is 0 Å². The summed E-state index contributed by atoms with van der Waals surface area (Å²) in [7, 11) is 0. The Morgan fingerprint density at radius 2 is 2.00 bits per heavy atom. The van der Waals surface area contributed by atoms with Crippen LogP contribution in [0.2, 0.25) is 0 Å². The summed E-state index contributed by atoms with van der Waals surface area (Å²) >= 11 is 0. The first kappa shape index (κ1) is 16.5. The molecule has 114 valence electrons. The molecule has 0 unspecified atom stereocenters. The molecule has 20 heavy (non-hydrogen) atoms. The molecule has 0 bridgehead atoms. The molecule has 1 rings (SSSR count). The lowest BCUT2D eigenvalue weighted by molar-refractivity contribution is 0.318. The Morgan fingerprint density at radius 1 is 1.25 bits per heavy atom. The lowest BCUT2D eigenvalue weighted by Crippen LogP contribution is -2.37. The van der Waals surface area contributed by atoms with E-state index in [9.17, 15) is 0 Å². The highest BCUT2D eigenvalue weighted by molar-refractivity contribution is 5.79. The molecule has 6 nitrogen and oxygen atoms in total. The van der Waals surface area contributed by atoms with Crippen molar-refractivity contribution >= 4 is 5.96 Å². The number of guanidine groups is 1. The molecule has 0 spiro atoms. The van der Waals surface area contributed by atoms with Crippen LogP contribution in [0.3, 0.4) is 0 Å². The van der Waals surface area contributed by atoms with Gasteiger partial charge in [0.2, 0.25) is 5.89 Å². The minimum atomic E-state index is -0.126. The summed E-state index contributed by atoms with van der Waals surface area (Å²) in [6.45, 7) is 12.5. The summed E-state index contributed by atoms with van der Waals surface area (Å²) in [5.41, 5.74) is -0.126. The summed E-state index contributed by atoms with van der Waals surface area (Å²) in [5.74, 6) is 2.05. The van der Waals surface area contributed by atoms with Crippen LogP contribution in [0.5, 0.6) is 0 Å². The van der Waals surface area contributed by atoms with Gasteiger partial charge in [-0.05, 0) is 13.3 Å². The van der Waals surface area contributed by atoms with Crippen LogP contribution in [-0.2, 0) is 12.0 Å². The minimum absolute atomic E-state index is 0.126. The molecular formula is C14H27N5O. The summed E-state index contributed by atoms with van der Waals surface area (Å²) in [4.78, 5) is 8.83. The highest BCUT2D eigenvalue weighted by atomic mass is 16.5. The molecule has 0 aliphatic rings. The zero-order chi connectivity index (χ0) is 15.0. The number of aromatic nitrogens is 2. The number of nitrogens with one attached hydrogen (secondary N) is 2. The second-order valence-corrected chi connectivity index (χ2v) is 5.74. The average Bonchev–Trinajstić information content (AvgIpc) is 2.85. The van der Waals surface area contributed by atoms with Gasteiger partial charge < -0.3 is 15.2 Å². The topological polar surface area (TPSA) is 75.3 Å². The molecule has 0 saturated carbocycles. The predicted molar refractivity (Wildman–Crippen MR) is 80.7 cm³/mol. The quantitative estimate of drug-likeness (QED) is 0.475. The normalized spacial score (nSPS) is 12.6. The van der Waals surface area contributed by atoms with Crippen LogP contribution in [0, 0.1) is 0 Å². The van der Waals surface area contributed by atoms with Crippen LogP contribution < -0.4 is 10.6 Å². The third-order valence-electron chi connectivity index (χ3n) is 2.66. The van der Waals surface area contributed by atoms with Crippen LogP contribution in [-0.4, -0.2) is 29.2 Å². The smallest absolute Gasteiger partial charge is 0.232 e. The van der Waals surface area contributed by atoms with Crippen molar-refractivity contribution in [1.82, 2.24) is 20.8 Å². The maximum absolute atomic E-state index is 5.25. The second-order valence-electron chi connectivity index (χ2n) is 5.74. The van der Waals surface area contributed by atoms with Gasteiger partial charge in [0.05, 0.1) is 0 Å². The molecule has 6 heteroatoms. The SMILES string of the molecule is CCCCNC(=NCc1noc(C(C)(C)C)n1)NCC. The van der Waals surface area contributed by atoms with Crippen molar-refractivity contribution in [3.05, 3.63) is 11.7 Å². The third-order valence-corrected chi connectivity index (χ3v) is 2.66. The van der Waals surface area contributed by atoms with E-state index < -0.39 is 0 Å². The molecule has 0 saturated heterocycles. The lowest BCUT2D eigenvalue weighted by atomic mass is 9.97. The van der Waals surface area contributed by atoms with Gasteiger partial charge in [0, 0.05) is 18.5 Å². The summed E-state index contributed by atoms with van der Waals surface area (Å²) in [6, 6.07) is 0. The van der Waals surface area contributed by atoms with Crippen molar-refractivity contribution in [3.8, 4) is 0 Å². The van der Waals surface area contributed by atoms with Crippen molar-refractivity contribution in [2.45, 2.75) is 59.4 Å². The van der Waals surface area contributed by atoms with E-state index in [2.05, 4.69) is 32.7 Å². The Labute approximate surface area is 121 Å². The number of rotatable bonds is 6. The van der Waals surface area contributed by atoms with Crippen molar-refractivity contribution in [3.63, 3.8) is 0 Å². The van der Waals surface area contributed by atoms with E-state index >= 15 is 0 Å². The van der Waals surface area contributed by atoms with E-state index in [4.69, 9.17) is 4.52 Å². The fraction of sp³-hybridized carbons (Fsp3) is 0.786. The zero-order valence-electron chi connectivity index (χ0n) is 13.3. The van der Waals surface area contributed by atoms with Crippen LogP contribution in [0.1, 0.15) is 59.2 Å². The second kappa shape index (κ2) is 7.87. The molecule has 0 atom stereocenters. The summed E-state index contributed by atoms with van der Waals surface area (Å²) < 4.78 is 5.25. The van der Waals surface area contributed by atoms with Gasteiger partial charge in [-0.25, -0.2) is 4.99 Å². The first-order valence-corrected chi connectivity index (χ1v) is 7.32. The Hall–Kier alpha value is -1.59. The van der Waals surface area contributed by atoms with Gasteiger partial charge in [0.25, 0.3) is 0 Å². The standard InChI is InChI=1S/C14H27N5O/c1-6-8-9-16-13(15-7-2)17-10-11-18-12(20-19-11)14(3,4)5/h6-10H2,1-5H3,(H2,15,16,17). The van der Waals surface area contributed by atoms with Crippen LogP contribution in [0.25, 0.3) is 0 Å². The number of nitrogens with zero attached hydrogens (tertiary/aromatic N) is 3. The summed E-state index contributed by atoms with van der Waals surface area (Å²) in [6.07, 6.45) is 2.28. The Bertz CT molecular complexity index is 419. The maximum Gasteiger partial charge on any atom is 0.232 e. The number of hydrogen-bond acceptors (Lipinski definition) is 4. The first-order valence-electron chi connectivity index (χ1n) is 7.32. The molecular weight excluding hydrogens is 254 g/mol. The predicted octanol–water partition coefficient (Wildman–Crippen LogP) is 2.22. The highest BCUT2D eigenvalue weighted by Crippen LogP contribution is 2.19. The molecule has 0 aliphatic heterocycles. The van der Waals surface area contributed by atoms with Gasteiger partial charge in [-0.1, -0.05) is 39.3 Å². The Kier molecular flexibility index (Phi) is 6.48. The minimum Gasteiger partial charge on any atom is -0.357 e. The fourth-order valence-corrected chi connectivity index (χ4v) is 1.50. The molecule has 1 aromatic heterocycles. The van der Waals surface area contributed by atoms with E-state index in [-0.39, 0.29) is 5.41 Å². The van der Waals surface area contributed by atoms with Gasteiger partial charge >= 0.3 is 0 Å². The molecule has 1 heterocycles. The van der Waals surface area contributed by atoms with Gasteiger partial charge in [-0.3, -0.25) is 0 Å². The Morgan fingerprint density at radius 3 is 2.55 bits per heavy atom. The van der Waals surface area contributed by atoms with E-state index in [1.165, 1.54) is 0 Å². The maximum atomic E-state index is 5.25. The number of hydrogen-bond donors (Lipinski definition) is 2. The molecule has 1 aromatic rings. The molecule has 0 aromatic carbocycles. The van der Waals surface area contributed by atoms with Crippen LogP contribution in [0.15, 0.2) is 9.52 Å². The monoisotopic (exact) mass is 281 g/mol. The molecule has 0 amide bonds. The van der Waals surface area contributed by atoms with E-state index in [0.717, 1.165) is 31.9 Å². The van der Waals surface area contributed by atoms with Gasteiger partial charge in [0.1, 0.15) is 6.54 Å².